The molecule has 0 saturated carbocycles. The van der Waals surface area contributed by atoms with E-state index in [9.17, 15) is 0 Å². The maximum atomic E-state index is 4.39. The lowest BCUT2D eigenvalue weighted by atomic mass is 10.00. The Hall–Kier alpha value is -1.42. The van der Waals surface area contributed by atoms with Gasteiger partial charge in [-0.1, -0.05) is 0 Å². The zero-order chi connectivity index (χ0) is 10.8. The van der Waals surface area contributed by atoms with Gasteiger partial charge in [0.2, 0.25) is 0 Å². The number of nitrogens with zero attached hydrogens (tertiary/aromatic N) is 3. The van der Waals surface area contributed by atoms with Crippen molar-refractivity contribution in [3.8, 4) is 0 Å². The molecule has 4 nitrogen and oxygen atoms in total. The predicted molar refractivity (Wildman–Crippen MR) is 63.1 cm³/mol. The molecule has 1 aliphatic heterocycles. The summed E-state index contributed by atoms with van der Waals surface area (Å²) in [5.74, 6) is 0.716. The van der Waals surface area contributed by atoms with E-state index < -0.39 is 0 Å². The van der Waals surface area contributed by atoms with Crippen molar-refractivity contribution in [3.05, 3.63) is 24.7 Å². The SMILES string of the molecule is c1cnc2c(c1)ncn2C[C@H]1CCCNC1. The second-order valence-corrected chi connectivity index (χ2v) is 4.46. The van der Waals surface area contributed by atoms with Gasteiger partial charge >= 0.3 is 0 Å². The number of piperidine rings is 1. The van der Waals surface area contributed by atoms with Gasteiger partial charge in [0.05, 0.1) is 6.33 Å². The molecule has 16 heavy (non-hydrogen) atoms. The van der Waals surface area contributed by atoms with Gasteiger partial charge in [-0.05, 0) is 44.0 Å². The molecule has 3 heterocycles. The Morgan fingerprint density at radius 2 is 2.44 bits per heavy atom. The van der Waals surface area contributed by atoms with Gasteiger partial charge < -0.3 is 9.88 Å². The minimum Gasteiger partial charge on any atom is -0.316 e. The van der Waals surface area contributed by atoms with E-state index in [1.807, 2.05) is 24.7 Å². The molecule has 0 aromatic carbocycles. The summed E-state index contributed by atoms with van der Waals surface area (Å²) in [6, 6.07) is 3.94. The van der Waals surface area contributed by atoms with Crippen molar-refractivity contribution in [2.45, 2.75) is 19.4 Å². The Morgan fingerprint density at radius 3 is 3.31 bits per heavy atom. The van der Waals surface area contributed by atoms with Gasteiger partial charge in [-0.15, -0.1) is 0 Å². The highest BCUT2D eigenvalue weighted by Gasteiger charge is 2.14. The van der Waals surface area contributed by atoms with Crippen LogP contribution in [0.3, 0.4) is 0 Å². The van der Waals surface area contributed by atoms with Crippen molar-refractivity contribution in [1.82, 2.24) is 19.9 Å². The average Bonchev–Trinajstić information content (AvgIpc) is 2.74. The highest BCUT2D eigenvalue weighted by atomic mass is 15.1. The summed E-state index contributed by atoms with van der Waals surface area (Å²) in [5, 5.41) is 3.44. The summed E-state index contributed by atoms with van der Waals surface area (Å²) in [5.41, 5.74) is 2.00. The molecular formula is C12H16N4. The van der Waals surface area contributed by atoms with E-state index in [0.717, 1.165) is 24.3 Å². The quantitative estimate of drug-likeness (QED) is 0.825. The highest BCUT2D eigenvalue weighted by Crippen LogP contribution is 2.15. The van der Waals surface area contributed by atoms with Crippen molar-refractivity contribution in [1.29, 1.82) is 0 Å². The van der Waals surface area contributed by atoms with Crippen LogP contribution < -0.4 is 5.32 Å². The van der Waals surface area contributed by atoms with Crippen LogP contribution in [0.5, 0.6) is 0 Å². The van der Waals surface area contributed by atoms with E-state index in [2.05, 4.69) is 19.9 Å². The largest absolute Gasteiger partial charge is 0.316 e. The molecule has 0 bridgehead atoms. The highest BCUT2D eigenvalue weighted by molar-refractivity contribution is 5.69. The van der Waals surface area contributed by atoms with Crippen LogP contribution >= 0.6 is 0 Å². The first kappa shape index (κ1) is 9.78. The molecule has 1 fully saturated rings. The summed E-state index contributed by atoms with van der Waals surface area (Å²) in [4.78, 5) is 8.75. The smallest absolute Gasteiger partial charge is 0.159 e. The Balaban J connectivity index is 1.83. The van der Waals surface area contributed by atoms with Crippen LogP contribution in [0.15, 0.2) is 24.7 Å². The summed E-state index contributed by atoms with van der Waals surface area (Å²) in [6.45, 7) is 3.31. The van der Waals surface area contributed by atoms with E-state index in [0.29, 0.717) is 5.92 Å². The normalized spacial score (nSPS) is 21.4. The molecule has 2 aromatic heterocycles. The summed E-state index contributed by atoms with van der Waals surface area (Å²) >= 11 is 0. The lowest BCUT2D eigenvalue weighted by Gasteiger charge is -2.22. The first-order valence-electron chi connectivity index (χ1n) is 5.90. The number of nitrogens with one attached hydrogen (secondary N) is 1. The van der Waals surface area contributed by atoms with E-state index in [-0.39, 0.29) is 0 Å². The molecule has 3 rings (SSSR count). The van der Waals surface area contributed by atoms with Crippen molar-refractivity contribution < 1.29 is 0 Å². The van der Waals surface area contributed by atoms with Crippen LogP contribution in [0.1, 0.15) is 12.8 Å². The van der Waals surface area contributed by atoms with Gasteiger partial charge in [0.15, 0.2) is 5.65 Å². The van der Waals surface area contributed by atoms with Crippen molar-refractivity contribution in [2.24, 2.45) is 5.92 Å². The third kappa shape index (κ3) is 1.80. The molecule has 1 N–H and O–H groups in total. The number of fused-ring (bicyclic) bond motifs is 1. The summed E-state index contributed by atoms with van der Waals surface area (Å²) in [7, 11) is 0. The first-order valence-corrected chi connectivity index (χ1v) is 5.90. The lowest BCUT2D eigenvalue weighted by Crippen LogP contribution is -2.32. The van der Waals surface area contributed by atoms with Crippen LogP contribution in [-0.4, -0.2) is 27.6 Å². The molecule has 0 spiro atoms. The van der Waals surface area contributed by atoms with Gasteiger partial charge in [-0.3, -0.25) is 0 Å². The van der Waals surface area contributed by atoms with Crippen molar-refractivity contribution >= 4 is 11.2 Å². The number of hydrogen-bond donors (Lipinski definition) is 1. The van der Waals surface area contributed by atoms with E-state index in [4.69, 9.17) is 0 Å². The first-order chi connectivity index (χ1) is 7.93. The van der Waals surface area contributed by atoms with Crippen LogP contribution in [0.25, 0.3) is 11.2 Å². The lowest BCUT2D eigenvalue weighted by molar-refractivity contribution is 0.339. The van der Waals surface area contributed by atoms with Gasteiger partial charge in [0.25, 0.3) is 0 Å². The molecule has 2 aromatic rings. The van der Waals surface area contributed by atoms with Gasteiger partial charge in [-0.2, -0.15) is 0 Å². The molecule has 0 unspecified atom stereocenters. The number of imidazole rings is 1. The fourth-order valence-corrected chi connectivity index (χ4v) is 2.39. The van der Waals surface area contributed by atoms with Gasteiger partial charge in [0.1, 0.15) is 5.52 Å². The third-order valence-electron chi connectivity index (χ3n) is 3.23. The number of aromatic nitrogens is 3. The Kier molecular flexibility index (Phi) is 2.58. The second-order valence-electron chi connectivity index (χ2n) is 4.46. The van der Waals surface area contributed by atoms with E-state index in [1.165, 1.54) is 19.4 Å². The van der Waals surface area contributed by atoms with Crippen LogP contribution in [0.2, 0.25) is 0 Å². The van der Waals surface area contributed by atoms with E-state index in [1.54, 1.807) is 0 Å². The molecule has 1 aliphatic rings. The second kappa shape index (κ2) is 4.22. The molecular weight excluding hydrogens is 200 g/mol. The zero-order valence-electron chi connectivity index (χ0n) is 9.26. The molecule has 1 atom stereocenters. The fourth-order valence-electron chi connectivity index (χ4n) is 2.39. The third-order valence-corrected chi connectivity index (χ3v) is 3.23. The predicted octanol–water partition coefficient (Wildman–Crippen LogP) is 1.43. The standard InChI is InChI=1S/C12H16N4/c1-3-10(7-13-5-1)8-16-9-15-11-4-2-6-14-12(11)16/h2,4,6,9-10,13H,1,3,5,7-8H2/t10-/m0/s1. The van der Waals surface area contributed by atoms with Gasteiger partial charge in [0, 0.05) is 12.7 Å². The Labute approximate surface area is 94.7 Å². The van der Waals surface area contributed by atoms with Crippen LogP contribution in [0, 0.1) is 5.92 Å². The van der Waals surface area contributed by atoms with Crippen molar-refractivity contribution in [3.63, 3.8) is 0 Å². The molecule has 4 heteroatoms. The monoisotopic (exact) mass is 216 g/mol. The molecule has 0 aliphatic carbocycles. The molecule has 84 valence electrons. The molecule has 0 radical (unpaired) electrons. The number of pyridine rings is 1. The Morgan fingerprint density at radius 1 is 1.44 bits per heavy atom. The zero-order valence-corrected chi connectivity index (χ0v) is 9.26. The molecule has 0 amide bonds. The average molecular weight is 216 g/mol. The van der Waals surface area contributed by atoms with E-state index >= 15 is 0 Å². The topological polar surface area (TPSA) is 42.7 Å². The van der Waals surface area contributed by atoms with Crippen molar-refractivity contribution in [2.75, 3.05) is 13.1 Å². The maximum absolute atomic E-state index is 4.39. The minimum atomic E-state index is 0.716. The summed E-state index contributed by atoms with van der Waals surface area (Å²) < 4.78 is 2.17. The number of hydrogen-bond acceptors (Lipinski definition) is 3. The van der Waals surface area contributed by atoms with Gasteiger partial charge in [-0.25, -0.2) is 9.97 Å². The van der Waals surface area contributed by atoms with Crippen LogP contribution in [0.4, 0.5) is 0 Å². The summed E-state index contributed by atoms with van der Waals surface area (Å²) in [6.07, 6.45) is 6.33. The Bertz CT molecular complexity index is 471. The minimum absolute atomic E-state index is 0.716. The maximum Gasteiger partial charge on any atom is 0.159 e. The molecule has 1 saturated heterocycles. The number of rotatable bonds is 2. The van der Waals surface area contributed by atoms with Crippen LogP contribution in [-0.2, 0) is 6.54 Å². The fraction of sp³-hybridized carbons (Fsp3) is 0.500.